The highest BCUT2D eigenvalue weighted by Gasteiger charge is 2.30. The number of fused-ring (bicyclic) bond motifs is 2. The Hall–Kier alpha value is -3.45. The van der Waals surface area contributed by atoms with Crippen molar-refractivity contribution in [1.82, 2.24) is 34.5 Å². The van der Waals surface area contributed by atoms with Gasteiger partial charge in [0.25, 0.3) is 0 Å². The summed E-state index contributed by atoms with van der Waals surface area (Å²) in [4.78, 5) is 6.54. The molecular weight excluding hydrogens is 489 g/mol. The van der Waals surface area contributed by atoms with Crippen LogP contribution in [-0.4, -0.2) is 101 Å². The molecule has 0 bridgehead atoms. The highest BCUT2D eigenvalue weighted by Crippen LogP contribution is 2.33. The number of ether oxygens (including phenoxy) is 2. The third-order valence-corrected chi connectivity index (χ3v) is 6.71. The molecule has 10 nitrogen and oxygen atoms in total. The van der Waals surface area contributed by atoms with Gasteiger partial charge in [0.05, 0.1) is 25.3 Å². The maximum atomic E-state index is 14.9. The lowest BCUT2D eigenvalue weighted by Crippen LogP contribution is -2.48. The molecule has 5 rings (SSSR count). The quantitative estimate of drug-likeness (QED) is 0.342. The number of benzene rings is 1. The molecule has 0 radical (unpaired) electrons. The Balaban J connectivity index is 1.43. The van der Waals surface area contributed by atoms with Crippen molar-refractivity contribution < 1.29 is 22.6 Å². The van der Waals surface area contributed by atoms with Gasteiger partial charge in [-0.2, -0.15) is 4.98 Å². The second kappa shape index (κ2) is 10.9. The molecule has 4 aromatic rings. The largest absolute Gasteiger partial charge is 0.479 e. The highest BCUT2D eigenvalue weighted by atomic mass is 19.1. The number of halogens is 3. The molecule has 1 N–H and O–H groups in total. The topological polar surface area (TPSA) is 94.6 Å². The first-order valence-corrected chi connectivity index (χ1v) is 12.1. The minimum absolute atomic E-state index is 0.260. The molecule has 0 spiro atoms. The van der Waals surface area contributed by atoms with Gasteiger partial charge in [-0.15, -0.1) is 10.2 Å². The number of nitrogens with zero attached hydrogens (tertiary/aromatic N) is 7. The van der Waals surface area contributed by atoms with E-state index in [1.807, 2.05) is 17.0 Å². The molecule has 13 heteroatoms. The number of anilines is 1. The van der Waals surface area contributed by atoms with E-state index in [2.05, 4.69) is 25.7 Å². The fraction of sp³-hybridized carbons (Fsp3) is 0.500. The van der Waals surface area contributed by atoms with Crippen LogP contribution >= 0.6 is 0 Å². The molecule has 1 aromatic carbocycles. The van der Waals surface area contributed by atoms with E-state index in [0.717, 1.165) is 17.7 Å². The Morgan fingerprint density at radius 1 is 1.19 bits per heavy atom. The number of likely N-dealkylation sites (tertiary alicyclic amines) is 1. The molecule has 1 fully saturated rings. The molecule has 2 atom stereocenters. The third kappa shape index (κ3) is 4.92. The molecule has 37 heavy (non-hydrogen) atoms. The van der Waals surface area contributed by atoms with Crippen molar-refractivity contribution in [1.29, 1.82) is 0 Å². The molecule has 4 heterocycles. The maximum absolute atomic E-state index is 14.9. The molecule has 198 valence electrons. The van der Waals surface area contributed by atoms with Crippen molar-refractivity contribution in [3.8, 4) is 17.0 Å². The van der Waals surface area contributed by atoms with Gasteiger partial charge >= 0.3 is 0 Å². The second-order valence-corrected chi connectivity index (χ2v) is 9.02. The van der Waals surface area contributed by atoms with E-state index >= 15 is 0 Å². The summed E-state index contributed by atoms with van der Waals surface area (Å²) < 4.78 is 55.1. The van der Waals surface area contributed by atoms with E-state index in [4.69, 9.17) is 9.47 Å². The molecule has 0 unspecified atom stereocenters. The molecular formula is C24H29F3N8O2. The average Bonchev–Trinajstić information content (AvgIpc) is 3.53. The zero-order valence-electron chi connectivity index (χ0n) is 20.6. The van der Waals surface area contributed by atoms with Gasteiger partial charge in [0.1, 0.15) is 36.6 Å². The van der Waals surface area contributed by atoms with Gasteiger partial charge in [0.2, 0.25) is 11.8 Å². The first kappa shape index (κ1) is 25.2. The zero-order chi connectivity index (χ0) is 25.9. The van der Waals surface area contributed by atoms with Gasteiger partial charge in [0.15, 0.2) is 0 Å². The third-order valence-electron chi connectivity index (χ3n) is 6.71. The van der Waals surface area contributed by atoms with Crippen molar-refractivity contribution in [2.45, 2.75) is 24.7 Å². The Kier molecular flexibility index (Phi) is 7.42. The summed E-state index contributed by atoms with van der Waals surface area (Å²) >= 11 is 0. The molecule has 3 aromatic heterocycles. The Labute approximate surface area is 211 Å². The lowest BCUT2D eigenvalue weighted by atomic mass is 10.0. The van der Waals surface area contributed by atoms with E-state index in [9.17, 15) is 13.2 Å². The molecule has 0 saturated carbocycles. The predicted molar refractivity (Wildman–Crippen MR) is 132 cm³/mol. The van der Waals surface area contributed by atoms with Gasteiger partial charge in [-0.05, 0) is 30.2 Å². The first-order chi connectivity index (χ1) is 18.1. The van der Waals surface area contributed by atoms with Crippen LogP contribution in [-0.2, 0) is 4.74 Å². The van der Waals surface area contributed by atoms with Crippen LogP contribution < -0.4 is 10.1 Å². The van der Waals surface area contributed by atoms with Crippen molar-refractivity contribution in [3.63, 3.8) is 0 Å². The minimum Gasteiger partial charge on any atom is -0.479 e. The lowest BCUT2D eigenvalue weighted by molar-refractivity contribution is 0.0918. The van der Waals surface area contributed by atoms with E-state index in [-0.39, 0.29) is 5.95 Å². The van der Waals surface area contributed by atoms with Gasteiger partial charge in [0, 0.05) is 38.5 Å². The van der Waals surface area contributed by atoms with Gasteiger partial charge in [-0.3, -0.25) is 4.90 Å². The SMILES string of the molecule is COCCN1CC[C@@H](Nc2nc(OC)c3c(-c4ccc5nnn(C(CF)CF)c5c4)ccn3n2)[C@H](F)C1. The van der Waals surface area contributed by atoms with Crippen LogP contribution in [0.3, 0.4) is 0 Å². The molecule has 1 saturated heterocycles. The number of methoxy groups -OCH3 is 2. The molecule has 0 aliphatic carbocycles. The number of piperidine rings is 1. The monoisotopic (exact) mass is 518 g/mol. The zero-order valence-corrected chi connectivity index (χ0v) is 20.6. The van der Waals surface area contributed by atoms with Crippen LogP contribution in [0, 0.1) is 0 Å². The smallest absolute Gasteiger partial charge is 0.244 e. The van der Waals surface area contributed by atoms with E-state index in [1.54, 1.807) is 30.0 Å². The molecule has 0 amide bonds. The van der Waals surface area contributed by atoms with Crippen molar-refractivity contribution in [2.24, 2.45) is 0 Å². The van der Waals surface area contributed by atoms with Crippen LogP contribution in [0.15, 0.2) is 30.5 Å². The van der Waals surface area contributed by atoms with Crippen molar-refractivity contribution in [2.75, 3.05) is 59.1 Å². The Morgan fingerprint density at radius 3 is 2.76 bits per heavy atom. The highest BCUT2D eigenvalue weighted by molar-refractivity contribution is 5.89. The number of nitrogens with one attached hydrogen (secondary N) is 1. The first-order valence-electron chi connectivity index (χ1n) is 12.1. The van der Waals surface area contributed by atoms with Crippen LogP contribution in [0.4, 0.5) is 19.1 Å². The summed E-state index contributed by atoms with van der Waals surface area (Å²) in [6.07, 6.45) is 1.27. The molecule has 1 aliphatic heterocycles. The summed E-state index contributed by atoms with van der Waals surface area (Å²) in [7, 11) is 3.14. The van der Waals surface area contributed by atoms with E-state index < -0.39 is 31.6 Å². The molecule has 1 aliphatic rings. The number of rotatable bonds is 10. The summed E-state index contributed by atoms with van der Waals surface area (Å²) in [5.74, 6) is 0.568. The standard InChI is InChI=1S/C24H29F3N8O2/c1-36-10-9-33-7-6-19(18(27)14-33)28-24-29-23(37-2)22-17(5-8-34(22)31-24)15-3-4-20-21(11-15)35(32-30-20)16(12-25)13-26/h3-5,8,11,16,18-19H,6-7,9-10,12-14H2,1-2H3,(H,28,31)/t18-,19-/m1/s1. The fourth-order valence-electron chi connectivity index (χ4n) is 4.69. The number of hydrogen-bond donors (Lipinski definition) is 1. The Bertz CT molecular complexity index is 1360. The summed E-state index contributed by atoms with van der Waals surface area (Å²) in [6.45, 7) is 0.532. The normalized spacial score (nSPS) is 18.8. The number of hydrogen-bond acceptors (Lipinski definition) is 8. The minimum atomic E-state index is -1.08. The van der Waals surface area contributed by atoms with Crippen molar-refractivity contribution >= 4 is 22.5 Å². The van der Waals surface area contributed by atoms with Crippen LogP contribution in [0.25, 0.3) is 27.7 Å². The van der Waals surface area contributed by atoms with E-state index in [1.165, 1.54) is 11.8 Å². The number of aromatic nitrogens is 6. The maximum Gasteiger partial charge on any atom is 0.244 e. The number of alkyl halides is 3. The summed E-state index contributed by atoms with van der Waals surface area (Å²) in [5, 5.41) is 15.6. The summed E-state index contributed by atoms with van der Waals surface area (Å²) in [6, 6.07) is 5.75. The van der Waals surface area contributed by atoms with Crippen LogP contribution in [0.1, 0.15) is 12.5 Å². The fourth-order valence-corrected chi connectivity index (χ4v) is 4.69. The van der Waals surface area contributed by atoms with E-state index in [0.29, 0.717) is 48.5 Å². The van der Waals surface area contributed by atoms with Gasteiger partial charge in [-0.25, -0.2) is 22.4 Å². The van der Waals surface area contributed by atoms with Crippen LogP contribution in [0.2, 0.25) is 0 Å². The summed E-state index contributed by atoms with van der Waals surface area (Å²) in [5.41, 5.74) is 3.16. The van der Waals surface area contributed by atoms with Gasteiger partial charge in [-0.1, -0.05) is 11.3 Å². The Morgan fingerprint density at radius 2 is 2.03 bits per heavy atom. The lowest BCUT2D eigenvalue weighted by Gasteiger charge is -2.34. The van der Waals surface area contributed by atoms with Crippen molar-refractivity contribution in [3.05, 3.63) is 30.5 Å². The second-order valence-electron chi connectivity index (χ2n) is 9.02. The van der Waals surface area contributed by atoms with Crippen LogP contribution in [0.5, 0.6) is 5.88 Å². The average molecular weight is 519 g/mol. The van der Waals surface area contributed by atoms with Gasteiger partial charge < -0.3 is 14.8 Å². The predicted octanol–water partition coefficient (Wildman–Crippen LogP) is 3.10.